The quantitative estimate of drug-likeness (QED) is 0.794. The molecule has 1 fully saturated rings. The van der Waals surface area contributed by atoms with Gasteiger partial charge in [-0.3, -0.25) is 14.5 Å². The van der Waals surface area contributed by atoms with Crippen molar-refractivity contribution in [3.05, 3.63) is 35.9 Å². The van der Waals surface area contributed by atoms with Gasteiger partial charge in [-0.2, -0.15) is 0 Å². The first-order valence-corrected chi connectivity index (χ1v) is 7.42. The number of benzene rings is 1. The van der Waals surface area contributed by atoms with E-state index in [0.29, 0.717) is 19.7 Å². The maximum absolute atomic E-state index is 12.0. The molecule has 0 aromatic heterocycles. The molecule has 2 rings (SSSR count). The first kappa shape index (κ1) is 15.5. The lowest BCUT2D eigenvalue weighted by atomic mass is 10.1. The van der Waals surface area contributed by atoms with Crippen molar-refractivity contribution in [1.29, 1.82) is 0 Å². The van der Waals surface area contributed by atoms with E-state index >= 15 is 0 Å². The predicted molar refractivity (Wildman–Crippen MR) is 79.8 cm³/mol. The summed E-state index contributed by atoms with van der Waals surface area (Å²) in [6, 6.07) is 9.55. The van der Waals surface area contributed by atoms with Crippen LogP contribution < -0.4 is 5.32 Å². The standard InChI is InChI=1S/C16H22N2O3/c1-2-18-10-11-21-16(20)14(18)12-15(19)17-9-8-13-6-4-3-5-7-13/h3-7,14H,2,8-12H2,1H3,(H,17,19)/t14-/m1/s1. The molecule has 1 aliphatic heterocycles. The van der Waals surface area contributed by atoms with Gasteiger partial charge in [-0.25, -0.2) is 0 Å². The molecule has 114 valence electrons. The zero-order chi connectivity index (χ0) is 15.1. The van der Waals surface area contributed by atoms with E-state index in [-0.39, 0.29) is 18.3 Å². The van der Waals surface area contributed by atoms with Crippen LogP contribution in [0.2, 0.25) is 0 Å². The third-order valence-corrected chi connectivity index (χ3v) is 3.70. The Morgan fingerprint density at radius 1 is 1.38 bits per heavy atom. The fraction of sp³-hybridized carbons (Fsp3) is 0.500. The van der Waals surface area contributed by atoms with Crippen molar-refractivity contribution in [2.45, 2.75) is 25.8 Å². The predicted octanol–water partition coefficient (Wildman–Crippen LogP) is 0.983. The number of hydrogen-bond acceptors (Lipinski definition) is 4. The summed E-state index contributed by atoms with van der Waals surface area (Å²) in [5.41, 5.74) is 1.19. The van der Waals surface area contributed by atoms with Crippen molar-refractivity contribution < 1.29 is 14.3 Å². The molecule has 0 spiro atoms. The topological polar surface area (TPSA) is 58.6 Å². The normalized spacial score (nSPS) is 19.1. The van der Waals surface area contributed by atoms with Crippen molar-refractivity contribution in [2.75, 3.05) is 26.2 Å². The van der Waals surface area contributed by atoms with Gasteiger partial charge >= 0.3 is 5.97 Å². The number of nitrogens with zero attached hydrogens (tertiary/aromatic N) is 1. The first-order valence-electron chi connectivity index (χ1n) is 7.42. The Kier molecular flexibility index (Phi) is 5.75. The van der Waals surface area contributed by atoms with Crippen molar-refractivity contribution in [3.8, 4) is 0 Å². The summed E-state index contributed by atoms with van der Waals surface area (Å²) < 4.78 is 5.04. The van der Waals surface area contributed by atoms with Crippen LogP contribution in [-0.4, -0.2) is 49.1 Å². The Hall–Kier alpha value is -1.88. The monoisotopic (exact) mass is 290 g/mol. The van der Waals surface area contributed by atoms with Crippen LogP contribution in [-0.2, 0) is 20.7 Å². The van der Waals surface area contributed by atoms with Crippen molar-refractivity contribution in [1.82, 2.24) is 10.2 Å². The van der Waals surface area contributed by atoms with E-state index in [1.165, 1.54) is 5.56 Å². The van der Waals surface area contributed by atoms with Gasteiger partial charge in [0.1, 0.15) is 12.6 Å². The number of ether oxygens (including phenoxy) is 1. The maximum atomic E-state index is 12.0. The van der Waals surface area contributed by atoms with E-state index < -0.39 is 6.04 Å². The summed E-state index contributed by atoms with van der Waals surface area (Å²) in [5, 5.41) is 2.87. The number of carbonyl (C=O) groups is 2. The number of hydrogen-bond donors (Lipinski definition) is 1. The minimum atomic E-state index is -0.444. The van der Waals surface area contributed by atoms with Crippen LogP contribution in [0.4, 0.5) is 0 Å². The second-order valence-corrected chi connectivity index (χ2v) is 5.10. The molecular formula is C16H22N2O3. The number of carbonyl (C=O) groups excluding carboxylic acids is 2. The van der Waals surface area contributed by atoms with Crippen molar-refractivity contribution in [2.24, 2.45) is 0 Å². The molecular weight excluding hydrogens is 268 g/mol. The maximum Gasteiger partial charge on any atom is 0.323 e. The third kappa shape index (κ3) is 4.56. The van der Waals surface area contributed by atoms with Crippen molar-refractivity contribution in [3.63, 3.8) is 0 Å². The Morgan fingerprint density at radius 3 is 2.86 bits per heavy atom. The van der Waals surface area contributed by atoms with Gasteiger partial charge in [-0.1, -0.05) is 37.3 Å². The van der Waals surface area contributed by atoms with Crippen LogP contribution in [0.3, 0.4) is 0 Å². The summed E-state index contributed by atoms with van der Waals surface area (Å²) in [6.07, 6.45) is 0.959. The highest BCUT2D eigenvalue weighted by atomic mass is 16.5. The lowest BCUT2D eigenvalue weighted by Gasteiger charge is -2.32. The summed E-state index contributed by atoms with van der Waals surface area (Å²) in [5.74, 6) is -0.394. The van der Waals surface area contributed by atoms with Gasteiger partial charge < -0.3 is 10.1 Å². The smallest absolute Gasteiger partial charge is 0.323 e. The van der Waals surface area contributed by atoms with Gasteiger partial charge in [0.05, 0.1) is 6.42 Å². The Balaban J connectivity index is 1.77. The number of nitrogens with one attached hydrogen (secondary N) is 1. The number of morpholine rings is 1. The van der Waals surface area contributed by atoms with Gasteiger partial charge in [-0.05, 0) is 18.5 Å². The number of amides is 1. The Morgan fingerprint density at radius 2 is 2.14 bits per heavy atom. The average Bonchev–Trinajstić information content (AvgIpc) is 2.50. The van der Waals surface area contributed by atoms with Crippen molar-refractivity contribution >= 4 is 11.9 Å². The molecule has 0 aliphatic carbocycles. The third-order valence-electron chi connectivity index (χ3n) is 3.70. The highest BCUT2D eigenvalue weighted by Crippen LogP contribution is 2.11. The second-order valence-electron chi connectivity index (χ2n) is 5.10. The highest BCUT2D eigenvalue weighted by molar-refractivity contribution is 5.85. The van der Waals surface area contributed by atoms with Crippen LogP contribution in [0.15, 0.2) is 30.3 Å². The van der Waals surface area contributed by atoms with Crippen LogP contribution in [0.5, 0.6) is 0 Å². The fourth-order valence-corrected chi connectivity index (χ4v) is 2.49. The number of likely N-dealkylation sites (N-methyl/N-ethyl adjacent to an activating group) is 1. The van der Waals surface area contributed by atoms with E-state index in [4.69, 9.17) is 4.74 Å². The molecule has 0 bridgehead atoms. The molecule has 1 atom stereocenters. The highest BCUT2D eigenvalue weighted by Gasteiger charge is 2.32. The Labute approximate surface area is 125 Å². The summed E-state index contributed by atoms with van der Waals surface area (Å²) >= 11 is 0. The zero-order valence-corrected chi connectivity index (χ0v) is 12.4. The van der Waals surface area contributed by atoms with Crippen LogP contribution in [0, 0.1) is 0 Å². The van der Waals surface area contributed by atoms with Crippen LogP contribution in [0.1, 0.15) is 18.9 Å². The average molecular weight is 290 g/mol. The fourth-order valence-electron chi connectivity index (χ4n) is 2.49. The number of cyclic esters (lactones) is 1. The molecule has 1 saturated heterocycles. The summed E-state index contributed by atoms with van der Waals surface area (Å²) in [4.78, 5) is 25.7. The van der Waals surface area contributed by atoms with E-state index in [2.05, 4.69) is 5.32 Å². The molecule has 1 aromatic carbocycles. The van der Waals surface area contributed by atoms with Gasteiger partial charge in [-0.15, -0.1) is 0 Å². The van der Waals surface area contributed by atoms with E-state index in [1.54, 1.807) is 0 Å². The molecule has 21 heavy (non-hydrogen) atoms. The molecule has 5 nitrogen and oxygen atoms in total. The first-order chi connectivity index (χ1) is 10.2. The molecule has 1 heterocycles. The van der Waals surface area contributed by atoms with Gasteiger partial charge in [0.15, 0.2) is 0 Å². The van der Waals surface area contributed by atoms with Gasteiger partial charge in [0.25, 0.3) is 0 Å². The molecule has 5 heteroatoms. The molecule has 1 aliphatic rings. The lowest BCUT2D eigenvalue weighted by Crippen LogP contribution is -2.50. The summed E-state index contributed by atoms with van der Waals surface area (Å²) in [7, 11) is 0. The largest absolute Gasteiger partial charge is 0.463 e. The van der Waals surface area contributed by atoms with Gasteiger partial charge in [0.2, 0.25) is 5.91 Å². The lowest BCUT2D eigenvalue weighted by molar-refractivity contribution is -0.159. The summed E-state index contributed by atoms with van der Waals surface area (Å²) in [6.45, 7) is 4.43. The van der Waals surface area contributed by atoms with Gasteiger partial charge in [0, 0.05) is 13.1 Å². The van der Waals surface area contributed by atoms with E-state index in [0.717, 1.165) is 13.0 Å². The SMILES string of the molecule is CCN1CCOC(=O)[C@H]1CC(=O)NCCc1ccccc1. The number of esters is 1. The molecule has 0 unspecified atom stereocenters. The van der Waals surface area contributed by atoms with Crippen LogP contribution in [0.25, 0.3) is 0 Å². The molecule has 1 aromatic rings. The second kappa shape index (κ2) is 7.78. The minimum absolute atomic E-state index is 0.103. The number of rotatable bonds is 6. The molecule has 1 N–H and O–H groups in total. The van der Waals surface area contributed by atoms with E-state index in [9.17, 15) is 9.59 Å². The molecule has 0 saturated carbocycles. The molecule has 0 radical (unpaired) electrons. The Bertz CT molecular complexity index is 476. The zero-order valence-electron chi connectivity index (χ0n) is 12.4. The van der Waals surface area contributed by atoms with Crippen LogP contribution >= 0.6 is 0 Å². The van der Waals surface area contributed by atoms with E-state index in [1.807, 2.05) is 42.2 Å². The minimum Gasteiger partial charge on any atom is -0.463 e. The molecule has 1 amide bonds.